The van der Waals surface area contributed by atoms with E-state index in [1.54, 1.807) is 0 Å². The lowest BCUT2D eigenvalue weighted by molar-refractivity contribution is -0.124. The van der Waals surface area contributed by atoms with Gasteiger partial charge in [0.05, 0.1) is 0 Å². The van der Waals surface area contributed by atoms with Gasteiger partial charge in [0.2, 0.25) is 5.91 Å². The first kappa shape index (κ1) is 12.4. The van der Waals surface area contributed by atoms with Crippen molar-refractivity contribution in [3.8, 4) is 0 Å². The average molecular weight is 187 g/mol. The Kier molecular flexibility index (Phi) is 6.54. The molecule has 0 heterocycles. The number of nitrogens with one attached hydrogen (secondary N) is 2. The van der Waals surface area contributed by atoms with Crippen LogP contribution in [0.15, 0.2) is 0 Å². The van der Waals surface area contributed by atoms with Crippen LogP contribution in [0.1, 0.15) is 6.92 Å². The highest BCUT2D eigenvalue weighted by Gasteiger charge is 2.10. The topological polar surface area (TPSA) is 44.4 Å². The van der Waals surface area contributed by atoms with Gasteiger partial charge in [-0.3, -0.25) is 4.79 Å². The Morgan fingerprint density at radius 3 is 2.54 bits per heavy atom. The van der Waals surface area contributed by atoms with Crippen molar-refractivity contribution in [3.05, 3.63) is 0 Å². The zero-order valence-corrected chi connectivity index (χ0v) is 9.05. The molecule has 0 aromatic rings. The molecule has 0 rings (SSSR count). The van der Waals surface area contributed by atoms with Crippen molar-refractivity contribution in [1.82, 2.24) is 15.5 Å². The molecule has 4 heteroatoms. The Morgan fingerprint density at radius 1 is 1.46 bits per heavy atom. The van der Waals surface area contributed by atoms with Gasteiger partial charge in [0, 0.05) is 25.6 Å². The van der Waals surface area contributed by atoms with Crippen LogP contribution in [0.25, 0.3) is 0 Å². The van der Waals surface area contributed by atoms with Gasteiger partial charge >= 0.3 is 0 Å². The second kappa shape index (κ2) is 6.86. The minimum atomic E-state index is 0.0483. The maximum absolute atomic E-state index is 11.3. The molecule has 78 valence electrons. The van der Waals surface area contributed by atoms with E-state index in [1.807, 2.05) is 33.0 Å². The second-order valence-corrected chi connectivity index (χ2v) is 3.55. The van der Waals surface area contributed by atoms with Crippen molar-refractivity contribution in [2.24, 2.45) is 5.92 Å². The van der Waals surface area contributed by atoms with Gasteiger partial charge in [-0.1, -0.05) is 6.92 Å². The quantitative estimate of drug-likeness (QED) is 0.590. The van der Waals surface area contributed by atoms with Crippen molar-refractivity contribution in [2.45, 2.75) is 6.92 Å². The first-order chi connectivity index (χ1) is 6.07. The minimum Gasteiger partial charge on any atom is -0.355 e. The van der Waals surface area contributed by atoms with E-state index in [2.05, 4.69) is 10.6 Å². The molecule has 0 aliphatic carbocycles. The fourth-order valence-corrected chi connectivity index (χ4v) is 0.976. The van der Waals surface area contributed by atoms with E-state index in [0.717, 1.165) is 19.6 Å². The van der Waals surface area contributed by atoms with E-state index in [-0.39, 0.29) is 11.8 Å². The molecule has 0 saturated heterocycles. The van der Waals surface area contributed by atoms with Crippen LogP contribution in [0, 0.1) is 5.92 Å². The molecule has 0 bridgehead atoms. The van der Waals surface area contributed by atoms with E-state index in [1.165, 1.54) is 0 Å². The van der Waals surface area contributed by atoms with Crippen LogP contribution in [-0.4, -0.2) is 51.6 Å². The number of carbonyl (C=O) groups excluding carboxylic acids is 1. The highest BCUT2D eigenvalue weighted by atomic mass is 16.1. The fraction of sp³-hybridized carbons (Fsp3) is 0.889. The summed E-state index contributed by atoms with van der Waals surface area (Å²) < 4.78 is 0. The molecule has 1 unspecified atom stereocenters. The zero-order chi connectivity index (χ0) is 10.3. The predicted molar refractivity (Wildman–Crippen MR) is 54.7 cm³/mol. The van der Waals surface area contributed by atoms with Crippen molar-refractivity contribution in [1.29, 1.82) is 0 Å². The summed E-state index contributed by atoms with van der Waals surface area (Å²) in [5.41, 5.74) is 0. The third-order valence-corrected chi connectivity index (χ3v) is 1.82. The molecule has 0 radical (unpaired) electrons. The molecular formula is C9H21N3O. The van der Waals surface area contributed by atoms with Gasteiger partial charge in [0.25, 0.3) is 0 Å². The molecule has 1 atom stereocenters. The molecule has 0 saturated carbocycles. The smallest absolute Gasteiger partial charge is 0.224 e. The molecule has 13 heavy (non-hydrogen) atoms. The summed E-state index contributed by atoms with van der Waals surface area (Å²) in [7, 11) is 5.83. The van der Waals surface area contributed by atoms with E-state index >= 15 is 0 Å². The molecule has 4 nitrogen and oxygen atoms in total. The lowest BCUT2D eigenvalue weighted by Gasteiger charge is -2.13. The van der Waals surface area contributed by atoms with Crippen LogP contribution in [0.4, 0.5) is 0 Å². The second-order valence-electron chi connectivity index (χ2n) is 3.55. The van der Waals surface area contributed by atoms with Crippen molar-refractivity contribution in [2.75, 3.05) is 40.8 Å². The first-order valence-electron chi connectivity index (χ1n) is 4.65. The zero-order valence-electron chi connectivity index (χ0n) is 9.05. The van der Waals surface area contributed by atoms with E-state index in [4.69, 9.17) is 0 Å². The Balaban J connectivity index is 3.50. The number of nitrogens with zero attached hydrogens (tertiary/aromatic N) is 1. The highest BCUT2D eigenvalue weighted by Crippen LogP contribution is 1.90. The van der Waals surface area contributed by atoms with Crippen LogP contribution in [0.2, 0.25) is 0 Å². The maximum Gasteiger partial charge on any atom is 0.224 e. The monoisotopic (exact) mass is 187 g/mol. The summed E-state index contributed by atoms with van der Waals surface area (Å²) in [4.78, 5) is 13.4. The average Bonchev–Trinajstić information content (AvgIpc) is 2.04. The number of carbonyl (C=O) groups is 1. The summed E-state index contributed by atoms with van der Waals surface area (Å²) in [6, 6.07) is 0. The van der Waals surface area contributed by atoms with Crippen molar-refractivity contribution < 1.29 is 4.79 Å². The van der Waals surface area contributed by atoms with E-state index in [0.29, 0.717) is 0 Å². The minimum absolute atomic E-state index is 0.0483. The van der Waals surface area contributed by atoms with E-state index in [9.17, 15) is 4.79 Å². The van der Waals surface area contributed by atoms with Gasteiger partial charge in [-0.15, -0.1) is 0 Å². The van der Waals surface area contributed by atoms with Crippen LogP contribution < -0.4 is 10.6 Å². The van der Waals surface area contributed by atoms with Crippen molar-refractivity contribution >= 4 is 5.91 Å². The fourth-order valence-electron chi connectivity index (χ4n) is 0.976. The molecule has 0 aliphatic rings. The molecule has 0 aromatic carbocycles. The highest BCUT2D eigenvalue weighted by molar-refractivity contribution is 5.78. The number of likely N-dealkylation sites (N-methyl/N-ethyl adjacent to an activating group) is 1. The Hall–Kier alpha value is -0.610. The van der Waals surface area contributed by atoms with Crippen LogP contribution >= 0.6 is 0 Å². The largest absolute Gasteiger partial charge is 0.355 e. The van der Waals surface area contributed by atoms with Crippen LogP contribution in [0.5, 0.6) is 0 Å². The van der Waals surface area contributed by atoms with Crippen LogP contribution in [-0.2, 0) is 4.79 Å². The lowest BCUT2D eigenvalue weighted by Crippen LogP contribution is -2.37. The predicted octanol–water partition coefficient (Wildman–Crippen LogP) is -0.480. The lowest BCUT2D eigenvalue weighted by atomic mass is 10.1. The van der Waals surface area contributed by atoms with E-state index < -0.39 is 0 Å². The molecule has 0 spiro atoms. The summed E-state index contributed by atoms with van der Waals surface area (Å²) >= 11 is 0. The van der Waals surface area contributed by atoms with Gasteiger partial charge in [-0.25, -0.2) is 0 Å². The Morgan fingerprint density at radius 2 is 2.08 bits per heavy atom. The van der Waals surface area contributed by atoms with Crippen molar-refractivity contribution in [3.63, 3.8) is 0 Å². The van der Waals surface area contributed by atoms with Gasteiger partial charge < -0.3 is 15.5 Å². The normalized spacial score (nSPS) is 13.0. The summed E-state index contributed by atoms with van der Waals surface area (Å²) in [6.45, 7) is 4.26. The Bertz CT molecular complexity index is 148. The summed E-state index contributed by atoms with van der Waals surface area (Å²) in [5, 5.41) is 5.85. The maximum atomic E-state index is 11.3. The third-order valence-electron chi connectivity index (χ3n) is 1.82. The molecular weight excluding hydrogens is 166 g/mol. The summed E-state index contributed by atoms with van der Waals surface area (Å²) in [6.07, 6.45) is 0. The SMILES string of the molecule is CNCC(C)C(=O)NCCN(C)C. The van der Waals surface area contributed by atoms with Gasteiger partial charge in [0.15, 0.2) is 0 Å². The first-order valence-corrected chi connectivity index (χ1v) is 4.65. The Labute approximate surface area is 80.7 Å². The number of hydrogen-bond donors (Lipinski definition) is 2. The van der Waals surface area contributed by atoms with Gasteiger partial charge in [-0.2, -0.15) is 0 Å². The number of rotatable bonds is 6. The molecule has 0 fully saturated rings. The van der Waals surface area contributed by atoms with Crippen LogP contribution in [0.3, 0.4) is 0 Å². The molecule has 2 N–H and O–H groups in total. The van der Waals surface area contributed by atoms with Gasteiger partial charge in [-0.05, 0) is 21.1 Å². The standard InChI is InChI=1S/C9H21N3O/c1-8(7-10-2)9(13)11-5-6-12(3)4/h8,10H,5-7H2,1-4H3,(H,11,13). The molecule has 1 amide bonds. The van der Waals surface area contributed by atoms with Gasteiger partial charge in [0.1, 0.15) is 0 Å². The third kappa shape index (κ3) is 6.54. The number of amides is 1. The summed E-state index contributed by atoms with van der Waals surface area (Å²) in [5.74, 6) is 0.170. The number of hydrogen-bond acceptors (Lipinski definition) is 3. The molecule has 0 aromatic heterocycles. The molecule has 0 aliphatic heterocycles.